The maximum atomic E-state index is 3.92. The van der Waals surface area contributed by atoms with Gasteiger partial charge in [0.25, 0.3) is 0 Å². The van der Waals surface area contributed by atoms with Gasteiger partial charge in [-0.05, 0) is 24.7 Å². The van der Waals surface area contributed by atoms with Crippen LogP contribution in [-0.4, -0.2) is 23.1 Å². The molecule has 2 fully saturated rings. The van der Waals surface area contributed by atoms with E-state index in [-0.39, 0.29) is 0 Å². The average Bonchev–Trinajstić information content (AvgIpc) is 2.55. The second-order valence-corrected chi connectivity index (χ2v) is 7.50. The van der Waals surface area contributed by atoms with E-state index < -0.39 is 0 Å². The molecule has 2 heteroatoms. The van der Waals surface area contributed by atoms with E-state index in [1.807, 2.05) is 0 Å². The van der Waals surface area contributed by atoms with Gasteiger partial charge in [-0.15, -0.1) is 0 Å². The van der Waals surface area contributed by atoms with Crippen molar-refractivity contribution in [3.05, 3.63) is 0 Å². The molecule has 1 aliphatic heterocycles. The molecule has 0 aromatic rings. The molecule has 0 amide bonds. The molecule has 88 valence electrons. The van der Waals surface area contributed by atoms with Gasteiger partial charge in [-0.1, -0.05) is 33.6 Å². The fourth-order valence-electron chi connectivity index (χ4n) is 3.02. The molecule has 0 aromatic heterocycles. The monoisotopic (exact) mass is 227 g/mol. The molecule has 3 atom stereocenters. The van der Waals surface area contributed by atoms with Gasteiger partial charge in [-0.3, -0.25) is 0 Å². The SMILES string of the molecule is CC1CC(NC2CCCCC2(C)C)CS1. The lowest BCUT2D eigenvalue weighted by Crippen LogP contribution is -2.48. The fourth-order valence-corrected chi connectivity index (χ4v) is 4.18. The minimum atomic E-state index is 0.523. The summed E-state index contributed by atoms with van der Waals surface area (Å²) in [7, 11) is 0. The van der Waals surface area contributed by atoms with Crippen molar-refractivity contribution < 1.29 is 0 Å². The normalized spacial score (nSPS) is 40.6. The van der Waals surface area contributed by atoms with E-state index >= 15 is 0 Å². The largest absolute Gasteiger partial charge is 0.310 e. The van der Waals surface area contributed by atoms with Crippen LogP contribution in [0.2, 0.25) is 0 Å². The van der Waals surface area contributed by atoms with Gasteiger partial charge in [0.05, 0.1) is 0 Å². The Balaban J connectivity index is 1.87. The quantitative estimate of drug-likeness (QED) is 0.775. The van der Waals surface area contributed by atoms with Gasteiger partial charge in [0.15, 0.2) is 0 Å². The van der Waals surface area contributed by atoms with Crippen LogP contribution in [0.3, 0.4) is 0 Å². The summed E-state index contributed by atoms with van der Waals surface area (Å²) >= 11 is 2.13. The maximum absolute atomic E-state index is 3.92. The van der Waals surface area contributed by atoms with Crippen LogP contribution in [-0.2, 0) is 0 Å². The lowest BCUT2D eigenvalue weighted by molar-refractivity contribution is 0.157. The summed E-state index contributed by atoms with van der Waals surface area (Å²) in [6.07, 6.45) is 7.03. The van der Waals surface area contributed by atoms with E-state index in [1.165, 1.54) is 37.9 Å². The van der Waals surface area contributed by atoms with Crippen LogP contribution in [0.5, 0.6) is 0 Å². The van der Waals surface area contributed by atoms with Gasteiger partial charge >= 0.3 is 0 Å². The highest BCUT2D eigenvalue weighted by Gasteiger charge is 2.34. The first-order chi connectivity index (χ1) is 7.08. The summed E-state index contributed by atoms with van der Waals surface area (Å²) in [4.78, 5) is 0. The van der Waals surface area contributed by atoms with Crippen molar-refractivity contribution in [1.82, 2.24) is 5.32 Å². The molecule has 1 nitrogen and oxygen atoms in total. The lowest BCUT2D eigenvalue weighted by Gasteiger charge is -2.40. The molecule has 0 aromatic carbocycles. The zero-order chi connectivity index (χ0) is 10.9. The minimum Gasteiger partial charge on any atom is -0.310 e. The molecule has 2 aliphatic rings. The first-order valence-electron chi connectivity index (χ1n) is 6.45. The van der Waals surface area contributed by atoms with Crippen LogP contribution < -0.4 is 5.32 Å². The van der Waals surface area contributed by atoms with Crippen LogP contribution >= 0.6 is 11.8 Å². The highest BCUT2D eigenvalue weighted by Crippen LogP contribution is 2.37. The van der Waals surface area contributed by atoms with Gasteiger partial charge in [0.1, 0.15) is 0 Å². The number of hydrogen-bond donors (Lipinski definition) is 1. The molecule has 0 spiro atoms. The number of nitrogens with one attached hydrogen (secondary N) is 1. The molecule has 1 saturated carbocycles. The van der Waals surface area contributed by atoms with Crippen molar-refractivity contribution in [1.29, 1.82) is 0 Å². The Kier molecular flexibility index (Phi) is 3.67. The van der Waals surface area contributed by atoms with E-state index in [2.05, 4.69) is 37.8 Å². The van der Waals surface area contributed by atoms with Gasteiger partial charge < -0.3 is 5.32 Å². The second kappa shape index (κ2) is 4.67. The molecule has 0 bridgehead atoms. The predicted molar refractivity (Wildman–Crippen MR) is 69.5 cm³/mol. The third-order valence-electron chi connectivity index (χ3n) is 4.14. The molecule has 1 aliphatic carbocycles. The molecule has 1 heterocycles. The second-order valence-electron chi connectivity index (χ2n) is 6.03. The van der Waals surface area contributed by atoms with Crippen molar-refractivity contribution in [2.24, 2.45) is 5.41 Å². The molecule has 3 unspecified atom stereocenters. The predicted octanol–water partition coefficient (Wildman–Crippen LogP) is 3.44. The van der Waals surface area contributed by atoms with Crippen LogP contribution in [0.25, 0.3) is 0 Å². The topological polar surface area (TPSA) is 12.0 Å². The van der Waals surface area contributed by atoms with E-state index in [0.29, 0.717) is 5.41 Å². The Morgan fingerprint density at radius 3 is 2.67 bits per heavy atom. The van der Waals surface area contributed by atoms with Crippen LogP contribution in [0.4, 0.5) is 0 Å². The highest BCUT2D eigenvalue weighted by molar-refractivity contribution is 8.00. The van der Waals surface area contributed by atoms with Crippen LogP contribution in [0.1, 0.15) is 52.9 Å². The summed E-state index contributed by atoms with van der Waals surface area (Å²) < 4.78 is 0. The van der Waals surface area contributed by atoms with Gasteiger partial charge in [-0.2, -0.15) is 11.8 Å². The molecule has 1 N–H and O–H groups in total. The number of rotatable bonds is 2. The lowest BCUT2D eigenvalue weighted by atomic mass is 9.73. The smallest absolute Gasteiger partial charge is 0.0171 e. The molecule has 2 rings (SSSR count). The van der Waals surface area contributed by atoms with Gasteiger partial charge in [0.2, 0.25) is 0 Å². The van der Waals surface area contributed by atoms with Gasteiger partial charge in [-0.25, -0.2) is 0 Å². The van der Waals surface area contributed by atoms with Crippen molar-refractivity contribution in [3.63, 3.8) is 0 Å². The van der Waals surface area contributed by atoms with Crippen molar-refractivity contribution >= 4 is 11.8 Å². The summed E-state index contributed by atoms with van der Waals surface area (Å²) in [5, 5.41) is 4.79. The minimum absolute atomic E-state index is 0.523. The Hall–Kier alpha value is 0.310. The Morgan fingerprint density at radius 2 is 2.07 bits per heavy atom. The third-order valence-corrected chi connectivity index (χ3v) is 5.50. The number of hydrogen-bond acceptors (Lipinski definition) is 2. The van der Waals surface area contributed by atoms with Crippen molar-refractivity contribution in [2.75, 3.05) is 5.75 Å². The summed E-state index contributed by atoms with van der Waals surface area (Å²) in [5.41, 5.74) is 0.523. The molecule has 15 heavy (non-hydrogen) atoms. The summed E-state index contributed by atoms with van der Waals surface area (Å²) in [6.45, 7) is 7.24. The fraction of sp³-hybridized carbons (Fsp3) is 1.00. The highest BCUT2D eigenvalue weighted by atomic mass is 32.2. The van der Waals surface area contributed by atoms with Crippen molar-refractivity contribution in [3.8, 4) is 0 Å². The molecule has 1 saturated heterocycles. The van der Waals surface area contributed by atoms with Crippen molar-refractivity contribution in [2.45, 2.75) is 70.2 Å². The van der Waals surface area contributed by atoms with E-state index in [9.17, 15) is 0 Å². The van der Waals surface area contributed by atoms with Crippen LogP contribution in [0.15, 0.2) is 0 Å². The first kappa shape index (κ1) is 11.8. The summed E-state index contributed by atoms with van der Waals surface area (Å²) in [6, 6.07) is 1.55. The first-order valence-corrected chi connectivity index (χ1v) is 7.50. The Bertz CT molecular complexity index is 215. The number of thioether (sulfide) groups is 1. The third kappa shape index (κ3) is 2.91. The van der Waals surface area contributed by atoms with E-state index in [0.717, 1.165) is 17.3 Å². The summed E-state index contributed by atoms with van der Waals surface area (Å²) in [5.74, 6) is 1.33. The maximum Gasteiger partial charge on any atom is 0.0171 e. The molecular weight excluding hydrogens is 202 g/mol. The standard InChI is InChI=1S/C13H25NS/c1-10-8-11(9-15-10)14-12-6-4-5-7-13(12,2)3/h10-12,14H,4-9H2,1-3H3. The van der Waals surface area contributed by atoms with E-state index in [1.54, 1.807) is 0 Å². The molecule has 0 radical (unpaired) electrons. The zero-order valence-electron chi connectivity index (χ0n) is 10.4. The zero-order valence-corrected chi connectivity index (χ0v) is 11.2. The van der Waals surface area contributed by atoms with Crippen LogP contribution in [0, 0.1) is 5.41 Å². The average molecular weight is 227 g/mol. The molecular formula is C13H25NS. The van der Waals surface area contributed by atoms with E-state index in [4.69, 9.17) is 0 Å². The Morgan fingerprint density at radius 1 is 1.27 bits per heavy atom. The Labute approximate surface area is 98.8 Å². The van der Waals surface area contributed by atoms with Gasteiger partial charge in [0, 0.05) is 23.1 Å².